The van der Waals surface area contributed by atoms with E-state index in [1.165, 1.54) is 21.2 Å². The maximum atomic E-state index is 5.82. The molecule has 96 valence electrons. The predicted octanol–water partition coefficient (Wildman–Crippen LogP) is 3.43. The summed E-state index contributed by atoms with van der Waals surface area (Å²) in [5.41, 5.74) is 8.21. The summed E-state index contributed by atoms with van der Waals surface area (Å²) in [6.07, 6.45) is 5.56. The number of aryl methyl sites for hydroxylation is 1. The SMILES string of the molecule is CCc1nc(N)sc1Cc1cccc2ccncc12. The van der Waals surface area contributed by atoms with Gasteiger partial charge in [0, 0.05) is 29.1 Å². The molecule has 0 bridgehead atoms. The molecule has 0 saturated heterocycles. The molecule has 3 rings (SSSR count). The molecule has 4 heteroatoms. The second-order valence-electron chi connectivity index (χ2n) is 4.47. The standard InChI is InChI=1S/C15H15N3S/c1-2-13-14(19-15(16)18-13)8-11-5-3-4-10-6-7-17-9-12(10)11/h3-7,9H,2,8H2,1H3,(H2,16,18). The molecular weight excluding hydrogens is 254 g/mol. The minimum absolute atomic E-state index is 0.658. The van der Waals surface area contributed by atoms with Crippen molar-refractivity contribution in [3.8, 4) is 0 Å². The first-order chi connectivity index (χ1) is 9.28. The van der Waals surface area contributed by atoms with Crippen LogP contribution in [0.2, 0.25) is 0 Å². The summed E-state index contributed by atoms with van der Waals surface area (Å²) in [6, 6.07) is 8.40. The van der Waals surface area contributed by atoms with Gasteiger partial charge in [0.1, 0.15) is 0 Å². The average molecular weight is 269 g/mol. The number of nitrogen functional groups attached to an aromatic ring is 1. The van der Waals surface area contributed by atoms with Crippen molar-refractivity contribution >= 4 is 27.2 Å². The number of pyridine rings is 1. The lowest BCUT2D eigenvalue weighted by Gasteiger charge is -2.05. The van der Waals surface area contributed by atoms with E-state index in [0.29, 0.717) is 5.13 Å². The molecule has 3 aromatic rings. The number of hydrogen-bond acceptors (Lipinski definition) is 4. The van der Waals surface area contributed by atoms with Crippen LogP contribution in [0.5, 0.6) is 0 Å². The molecule has 3 nitrogen and oxygen atoms in total. The van der Waals surface area contributed by atoms with E-state index in [-0.39, 0.29) is 0 Å². The molecule has 0 fully saturated rings. The summed E-state index contributed by atoms with van der Waals surface area (Å²) in [6.45, 7) is 2.11. The van der Waals surface area contributed by atoms with Crippen LogP contribution in [-0.4, -0.2) is 9.97 Å². The smallest absolute Gasteiger partial charge is 0.180 e. The zero-order valence-electron chi connectivity index (χ0n) is 10.8. The minimum Gasteiger partial charge on any atom is -0.375 e. The van der Waals surface area contributed by atoms with Gasteiger partial charge in [-0.3, -0.25) is 4.98 Å². The zero-order chi connectivity index (χ0) is 13.2. The van der Waals surface area contributed by atoms with Crippen LogP contribution in [0.25, 0.3) is 10.8 Å². The number of benzene rings is 1. The highest BCUT2D eigenvalue weighted by Gasteiger charge is 2.10. The topological polar surface area (TPSA) is 51.8 Å². The Hall–Kier alpha value is -1.94. The van der Waals surface area contributed by atoms with Gasteiger partial charge in [0.2, 0.25) is 0 Å². The lowest BCUT2D eigenvalue weighted by molar-refractivity contribution is 1.03. The highest BCUT2D eigenvalue weighted by Crippen LogP contribution is 2.27. The van der Waals surface area contributed by atoms with Crippen molar-refractivity contribution < 1.29 is 0 Å². The van der Waals surface area contributed by atoms with Crippen molar-refractivity contribution in [3.05, 3.63) is 52.8 Å². The highest BCUT2D eigenvalue weighted by molar-refractivity contribution is 7.15. The first-order valence-electron chi connectivity index (χ1n) is 6.33. The quantitative estimate of drug-likeness (QED) is 0.792. The van der Waals surface area contributed by atoms with Gasteiger partial charge in [0.25, 0.3) is 0 Å². The summed E-state index contributed by atoms with van der Waals surface area (Å²) in [7, 11) is 0. The Kier molecular flexibility index (Phi) is 3.17. The molecule has 0 aliphatic heterocycles. The van der Waals surface area contributed by atoms with Crippen molar-refractivity contribution in [2.75, 3.05) is 5.73 Å². The summed E-state index contributed by atoms with van der Waals surface area (Å²) < 4.78 is 0. The van der Waals surface area contributed by atoms with Crippen LogP contribution in [0.15, 0.2) is 36.7 Å². The summed E-state index contributed by atoms with van der Waals surface area (Å²) >= 11 is 1.59. The Labute approximate surface area is 116 Å². The molecule has 0 unspecified atom stereocenters. The highest BCUT2D eigenvalue weighted by atomic mass is 32.1. The van der Waals surface area contributed by atoms with Crippen molar-refractivity contribution in [1.29, 1.82) is 0 Å². The van der Waals surface area contributed by atoms with E-state index < -0.39 is 0 Å². The molecule has 0 amide bonds. The third-order valence-corrected chi connectivity index (χ3v) is 4.18. The van der Waals surface area contributed by atoms with E-state index in [1.54, 1.807) is 11.3 Å². The predicted molar refractivity (Wildman–Crippen MR) is 80.5 cm³/mol. The molecule has 0 saturated carbocycles. The summed E-state index contributed by atoms with van der Waals surface area (Å²) in [5, 5.41) is 3.09. The molecule has 1 aromatic carbocycles. The molecule has 0 aliphatic rings. The first-order valence-corrected chi connectivity index (χ1v) is 7.15. The maximum Gasteiger partial charge on any atom is 0.180 e. The Balaban J connectivity index is 2.05. The molecule has 0 spiro atoms. The Bertz CT molecular complexity index is 713. The van der Waals surface area contributed by atoms with Gasteiger partial charge in [0.15, 0.2) is 5.13 Å². The number of rotatable bonds is 3. The van der Waals surface area contributed by atoms with E-state index in [9.17, 15) is 0 Å². The fourth-order valence-corrected chi connectivity index (χ4v) is 3.27. The second kappa shape index (κ2) is 4.97. The molecule has 2 aromatic heterocycles. The number of aromatic nitrogens is 2. The van der Waals surface area contributed by atoms with Gasteiger partial charge in [0.05, 0.1) is 5.69 Å². The van der Waals surface area contributed by atoms with E-state index in [1.807, 2.05) is 18.5 Å². The van der Waals surface area contributed by atoms with Crippen molar-refractivity contribution in [2.24, 2.45) is 0 Å². The van der Waals surface area contributed by atoms with E-state index in [0.717, 1.165) is 18.5 Å². The third-order valence-electron chi connectivity index (χ3n) is 3.25. The fraction of sp³-hybridized carbons (Fsp3) is 0.200. The first kappa shape index (κ1) is 12.1. The molecule has 0 radical (unpaired) electrons. The van der Waals surface area contributed by atoms with Crippen LogP contribution in [-0.2, 0) is 12.8 Å². The van der Waals surface area contributed by atoms with E-state index in [4.69, 9.17) is 5.73 Å². The van der Waals surface area contributed by atoms with Crippen molar-refractivity contribution in [3.63, 3.8) is 0 Å². The molecule has 0 atom stereocenters. The number of nitrogens with two attached hydrogens (primary N) is 1. The Morgan fingerprint density at radius 2 is 2.16 bits per heavy atom. The van der Waals surface area contributed by atoms with Gasteiger partial charge in [-0.15, -0.1) is 11.3 Å². The molecule has 19 heavy (non-hydrogen) atoms. The monoisotopic (exact) mass is 269 g/mol. The fourth-order valence-electron chi connectivity index (χ4n) is 2.32. The lowest BCUT2D eigenvalue weighted by atomic mass is 10.0. The molecule has 2 heterocycles. The summed E-state index contributed by atoms with van der Waals surface area (Å²) in [4.78, 5) is 9.87. The van der Waals surface area contributed by atoms with Crippen LogP contribution in [0.3, 0.4) is 0 Å². The van der Waals surface area contributed by atoms with Crippen molar-refractivity contribution in [1.82, 2.24) is 9.97 Å². The average Bonchev–Trinajstić information content (AvgIpc) is 2.79. The molecule has 2 N–H and O–H groups in total. The van der Waals surface area contributed by atoms with Gasteiger partial charge >= 0.3 is 0 Å². The van der Waals surface area contributed by atoms with Gasteiger partial charge in [-0.25, -0.2) is 4.98 Å². The van der Waals surface area contributed by atoms with Crippen LogP contribution >= 0.6 is 11.3 Å². The number of nitrogens with zero attached hydrogens (tertiary/aromatic N) is 2. The van der Waals surface area contributed by atoms with Gasteiger partial charge in [-0.1, -0.05) is 25.1 Å². The van der Waals surface area contributed by atoms with Gasteiger partial charge in [-0.05, 0) is 23.4 Å². The van der Waals surface area contributed by atoms with Crippen LogP contribution in [0.1, 0.15) is 23.1 Å². The van der Waals surface area contributed by atoms with Gasteiger partial charge in [-0.2, -0.15) is 0 Å². The van der Waals surface area contributed by atoms with E-state index in [2.05, 4.69) is 35.1 Å². The Morgan fingerprint density at radius 1 is 1.26 bits per heavy atom. The normalized spacial score (nSPS) is 11.0. The lowest BCUT2D eigenvalue weighted by Crippen LogP contribution is -1.92. The van der Waals surface area contributed by atoms with Crippen molar-refractivity contribution in [2.45, 2.75) is 19.8 Å². The largest absolute Gasteiger partial charge is 0.375 e. The Morgan fingerprint density at radius 3 is 3.00 bits per heavy atom. The number of anilines is 1. The van der Waals surface area contributed by atoms with Crippen LogP contribution < -0.4 is 5.73 Å². The maximum absolute atomic E-state index is 5.82. The van der Waals surface area contributed by atoms with Crippen LogP contribution in [0.4, 0.5) is 5.13 Å². The molecule has 0 aliphatic carbocycles. The molecular formula is C15H15N3S. The third kappa shape index (κ3) is 2.31. The number of fused-ring (bicyclic) bond motifs is 1. The van der Waals surface area contributed by atoms with Gasteiger partial charge < -0.3 is 5.73 Å². The number of thiazole rings is 1. The zero-order valence-corrected chi connectivity index (χ0v) is 11.6. The van der Waals surface area contributed by atoms with Crippen LogP contribution in [0, 0.1) is 0 Å². The number of hydrogen-bond donors (Lipinski definition) is 1. The second-order valence-corrected chi connectivity index (χ2v) is 5.58. The van der Waals surface area contributed by atoms with E-state index >= 15 is 0 Å². The minimum atomic E-state index is 0.658. The summed E-state index contributed by atoms with van der Waals surface area (Å²) in [5.74, 6) is 0.